The van der Waals surface area contributed by atoms with Gasteiger partial charge in [0.1, 0.15) is 5.82 Å². The van der Waals surface area contributed by atoms with Gasteiger partial charge in [0.15, 0.2) is 0 Å². The van der Waals surface area contributed by atoms with Gasteiger partial charge in [0.2, 0.25) is 5.91 Å². The Morgan fingerprint density at radius 1 is 1.24 bits per heavy atom. The van der Waals surface area contributed by atoms with E-state index in [0.717, 1.165) is 19.3 Å². The van der Waals surface area contributed by atoms with Crippen molar-refractivity contribution >= 4 is 29.2 Å². The average Bonchev–Trinajstić information content (AvgIpc) is 3.03. The van der Waals surface area contributed by atoms with E-state index in [-0.39, 0.29) is 22.8 Å². The maximum Gasteiger partial charge on any atom is 0.307 e. The third-order valence-corrected chi connectivity index (χ3v) is 4.98. The quantitative estimate of drug-likeness (QED) is 0.901. The minimum Gasteiger partial charge on any atom is -0.481 e. The van der Waals surface area contributed by atoms with Gasteiger partial charge < -0.3 is 10.4 Å². The molecule has 0 aliphatic heterocycles. The maximum atomic E-state index is 13.1. The summed E-state index contributed by atoms with van der Waals surface area (Å²) in [7, 11) is 0. The summed E-state index contributed by atoms with van der Waals surface area (Å²) in [4.78, 5) is 23.8. The standard InChI is InChI=1S/C15H15ClFNO3/c16-10-6-9(3-4-11(10)17)18-14(19)12-7-1-2-8(5-7)13(12)15(20)21/h3-4,6-8,12-13H,1-2,5H2,(H,18,19)(H,20,21)/t7-,8+,12-,13-/m0/s1. The van der Waals surface area contributed by atoms with Crippen molar-refractivity contribution in [3.8, 4) is 0 Å². The summed E-state index contributed by atoms with van der Waals surface area (Å²) in [5.74, 6) is -2.66. The lowest BCUT2D eigenvalue weighted by Crippen LogP contribution is -2.37. The molecule has 2 bridgehead atoms. The number of halogens is 2. The first kappa shape index (κ1) is 14.3. The molecule has 1 aromatic rings. The summed E-state index contributed by atoms with van der Waals surface area (Å²) in [6, 6.07) is 3.92. The first-order valence-corrected chi connectivity index (χ1v) is 7.34. The summed E-state index contributed by atoms with van der Waals surface area (Å²) in [5.41, 5.74) is 0.387. The number of fused-ring (bicyclic) bond motifs is 2. The minimum absolute atomic E-state index is 0.0736. The van der Waals surface area contributed by atoms with E-state index in [4.69, 9.17) is 11.6 Å². The molecule has 0 spiro atoms. The molecule has 0 unspecified atom stereocenters. The topological polar surface area (TPSA) is 66.4 Å². The van der Waals surface area contributed by atoms with Crippen molar-refractivity contribution < 1.29 is 19.1 Å². The van der Waals surface area contributed by atoms with Crippen molar-refractivity contribution in [2.75, 3.05) is 5.32 Å². The Balaban J connectivity index is 1.78. The van der Waals surface area contributed by atoms with Gasteiger partial charge in [0.25, 0.3) is 0 Å². The fourth-order valence-corrected chi connectivity index (χ4v) is 4.00. The number of nitrogens with one attached hydrogen (secondary N) is 1. The number of carboxylic acid groups (broad SMARTS) is 1. The third-order valence-electron chi connectivity index (χ3n) is 4.69. The molecule has 2 N–H and O–H groups in total. The SMILES string of the molecule is O=C(O)[C@H]1[C@@H]2CC[C@@H](C2)[C@@H]1C(=O)Nc1ccc(F)c(Cl)c1. The molecule has 0 aromatic heterocycles. The number of amides is 1. The van der Waals surface area contributed by atoms with Crippen molar-refractivity contribution in [3.05, 3.63) is 29.0 Å². The van der Waals surface area contributed by atoms with E-state index in [9.17, 15) is 19.1 Å². The van der Waals surface area contributed by atoms with Gasteiger partial charge in [-0.05, 0) is 49.3 Å². The second-order valence-corrected chi connectivity index (χ2v) is 6.25. The molecular weight excluding hydrogens is 297 g/mol. The van der Waals surface area contributed by atoms with E-state index in [1.54, 1.807) is 0 Å². The first-order chi connectivity index (χ1) is 9.97. The van der Waals surface area contributed by atoms with Crippen LogP contribution in [-0.2, 0) is 9.59 Å². The number of benzene rings is 1. The predicted octanol–water partition coefficient (Wildman–Crippen LogP) is 3.16. The molecule has 1 amide bonds. The van der Waals surface area contributed by atoms with Crippen LogP contribution in [-0.4, -0.2) is 17.0 Å². The molecule has 4 atom stereocenters. The van der Waals surface area contributed by atoms with E-state index >= 15 is 0 Å². The minimum atomic E-state index is -0.903. The molecule has 0 heterocycles. The number of aliphatic carboxylic acids is 1. The highest BCUT2D eigenvalue weighted by molar-refractivity contribution is 6.31. The van der Waals surface area contributed by atoms with Crippen molar-refractivity contribution in [1.82, 2.24) is 0 Å². The molecule has 3 rings (SSSR count). The van der Waals surface area contributed by atoms with Gasteiger partial charge in [-0.1, -0.05) is 11.6 Å². The predicted molar refractivity (Wildman–Crippen MR) is 75.5 cm³/mol. The second-order valence-electron chi connectivity index (χ2n) is 5.84. The van der Waals surface area contributed by atoms with Gasteiger partial charge in [-0.25, -0.2) is 4.39 Å². The normalized spacial score (nSPS) is 30.4. The Bertz CT molecular complexity index is 607. The molecule has 0 saturated heterocycles. The molecule has 112 valence electrons. The van der Waals surface area contributed by atoms with Crippen LogP contribution < -0.4 is 5.32 Å². The number of hydrogen-bond donors (Lipinski definition) is 2. The Kier molecular flexibility index (Phi) is 3.61. The zero-order valence-electron chi connectivity index (χ0n) is 11.2. The van der Waals surface area contributed by atoms with Crippen LogP contribution in [0.25, 0.3) is 0 Å². The van der Waals surface area contributed by atoms with E-state index < -0.39 is 23.6 Å². The van der Waals surface area contributed by atoms with E-state index in [1.165, 1.54) is 18.2 Å². The summed E-state index contributed by atoms with van der Waals surface area (Å²) in [5, 5.41) is 11.9. The molecule has 1 aromatic carbocycles. The van der Waals surface area contributed by atoms with Crippen LogP contribution in [0.4, 0.5) is 10.1 Å². The molecule has 2 saturated carbocycles. The van der Waals surface area contributed by atoms with Crippen molar-refractivity contribution in [3.63, 3.8) is 0 Å². The lowest BCUT2D eigenvalue weighted by atomic mass is 9.78. The number of hydrogen-bond acceptors (Lipinski definition) is 2. The van der Waals surface area contributed by atoms with Crippen molar-refractivity contribution in [2.24, 2.45) is 23.7 Å². The number of anilines is 1. The van der Waals surface area contributed by atoms with E-state index in [1.807, 2.05) is 0 Å². The van der Waals surface area contributed by atoms with Gasteiger partial charge in [-0.3, -0.25) is 9.59 Å². The van der Waals surface area contributed by atoms with Gasteiger partial charge in [0.05, 0.1) is 16.9 Å². The molecule has 2 aliphatic carbocycles. The van der Waals surface area contributed by atoms with Crippen LogP contribution in [0.2, 0.25) is 5.02 Å². The van der Waals surface area contributed by atoms with Gasteiger partial charge in [-0.15, -0.1) is 0 Å². The van der Waals surface area contributed by atoms with Crippen LogP contribution in [0.5, 0.6) is 0 Å². The Morgan fingerprint density at radius 3 is 2.52 bits per heavy atom. The van der Waals surface area contributed by atoms with Gasteiger partial charge in [0, 0.05) is 5.69 Å². The van der Waals surface area contributed by atoms with E-state index in [0.29, 0.717) is 5.69 Å². The van der Waals surface area contributed by atoms with Crippen molar-refractivity contribution in [1.29, 1.82) is 0 Å². The van der Waals surface area contributed by atoms with Crippen LogP contribution in [0.3, 0.4) is 0 Å². The van der Waals surface area contributed by atoms with Crippen LogP contribution in [0.15, 0.2) is 18.2 Å². The maximum absolute atomic E-state index is 13.1. The van der Waals surface area contributed by atoms with Crippen LogP contribution >= 0.6 is 11.6 Å². The van der Waals surface area contributed by atoms with Crippen LogP contribution in [0, 0.1) is 29.5 Å². The first-order valence-electron chi connectivity index (χ1n) is 6.96. The monoisotopic (exact) mass is 311 g/mol. The number of carbonyl (C=O) groups is 2. The van der Waals surface area contributed by atoms with E-state index in [2.05, 4.69) is 5.32 Å². The fourth-order valence-electron chi connectivity index (χ4n) is 3.82. The fraction of sp³-hybridized carbons (Fsp3) is 0.467. The highest BCUT2D eigenvalue weighted by Crippen LogP contribution is 2.52. The van der Waals surface area contributed by atoms with Crippen LogP contribution in [0.1, 0.15) is 19.3 Å². The van der Waals surface area contributed by atoms with Gasteiger partial charge in [-0.2, -0.15) is 0 Å². The summed E-state index contributed by atoms with van der Waals surface area (Å²) < 4.78 is 13.1. The Labute approximate surface area is 126 Å². The molecule has 21 heavy (non-hydrogen) atoms. The lowest BCUT2D eigenvalue weighted by molar-refractivity contribution is -0.148. The molecule has 6 heteroatoms. The second kappa shape index (κ2) is 5.30. The molecule has 4 nitrogen and oxygen atoms in total. The summed E-state index contributed by atoms with van der Waals surface area (Å²) >= 11 is 5.68. The zero-order valence-corrected chi connectivity index (χ0v) is 11.9. The lowest BCUT2D eigenvalue weighted by Gasteiger charge is -2.27. The molecular formula is C15H15ClFNO3. The summed E-state index contributed by atoms with van der Waals surface area (Å²) in [6.07, 6.45) is 2.59. The van der Waals surface area contributed by atoms with Crippen molar-refractivity contribution in [2.45, 2.75) is 19.3 Å². The number of carboxylic acids is 1. The molecule has 2 aliphatic rings. The molecule has 2 fully saturated rings. The highest BCUT2D eigenvalue weighted by Gasteiger charge is 2.53. The average molecular weight is 312 g/mol. The highest BCUT2D eigenvalue weighted by atomic mass is 35.5. The largest absolute Gasteiger partial charge is 0.481 e. The summed E-state index contributed by atoms with van der Waals surface area (Å²) in [6.45, 7) is 0. The zero-order chi connectivity index (χ0) is 15.1. The smallest absolute Gasteiger partial charge is 0.307 e. The third kappa shape index (κ3) is 2.50. The number of rotatable bonds is 3. The molecule has 0 radical (unpaired) electrons. The number of carbonyl (C=O) groups excluding carboxylic acids is 1. The Morgan fingerprint density at radius 2 is 1.90 bits per heavy atom. The van der Waals surface area contributed by atoms with Gasteiger partial charge >= 0.3 is 5.97 Å². The Hall–Kier alpha value is -1.62.